The summed E-state index contributed by atoms with van der Waals surface area (Å²) < 4.78 is 0. The van der Waals surface area contributed by atoms with Crippen LogP contribution in [0.3, 0.4) is 0 Å². The number of rotatable bonds is 2. The summed E-state index contributed by atoms with van der Waals surface area (Å²) in [6.45, 7) is 1.92. The first-order valence-corrected chi connectivity index (χ1v) is 5.61. The zero-order valence-electron chi connectivity index (χ0n) is 9.07. The van der Waals surface area contributed by atoms with Gasteiger partial charge in [0.2, 0.25) is 0 Å². The Hall–Kier alpha value is -1.25. The predicted molar refractivity (Wildman–Crippen MR) is 60.3 cm³/mol. The molecule has 1 aliphatic carbocycles. The van der Waals surface area contributed by atoms with Crippen LogP contribution in [-0.4, -0.2) is 4.98 Å². The lowest BCUT2D eigenvalue weighted by atomic mass is 9.86. The van der Waals surface area contributed by atoms with Gasteiger partial charge in [0.15, 0.2) is 0 Å². The largest absolute Gasteiger partial charge is 0.259 e. The molecule has 0 bridgehead atoms. The molecule has 1 fully saturated rings. The maximum atomic E-state index is 10.4. The number of pyridine rings is 1. The number of nitroso groups, excluding NO2 is 1. The van der Waals surface area contributed by atoms with E-state index >= 15 is 0 Å². The van der Waals surface area contributed by atoms with Gasteiger partial charge >= 0.3 is 0 Å². The van der Waals surface area contributed by atoms with Gasteiger partial charge in [0.25, 0.3) is 0 Å². The van der Waals surface area contributed by atoms with Crippen molar-refractivity contribution in [3.8, 4) is 0 Å². The first-order chi connectivity index (χ1) is 7.31. The molecule has 0 saturated heterocycles. The first-order valence-electron chi connectivity index (χ1n) is 5.61. The van der Waals surface area contributed by atoms with Crippen molar-refractivity contribution in [3.05, 3.63) is 28.4 Å². The Bertz CT molecular complexity index is 357. The topological polar surface area (TPSA) is 42.3 Å². The zero-order chi connectivity index (χ0) is 10.7. The Morgan fingerprint density at radius 2 is 2.07 bits per heavy atom. The number of aryl methyl sites for hydroxylation is 1. The predicted octanol–water partition coefficient (Wildman–Crippen LogP) is 3.84. The van der Waals surface area contributed by atoms with E-state index in [0.29, 0.717) is 11.6 Å². The first kappa shape index (κ1) is 10.3. The number of hydrogen-bond donors (Lipinski definition) is 0. The minimum atomic E-state index is 0.467. The van der Waals surface area contributed by atoms with Crippen LogP contribution in [0.2, 0.25) is 0 Å². The molecule has 1 saturated carbocycles. The standard InChI is InChI=1S/C12H16N2O/c1-9-7-11(13-8-12(9)14-15)10-5-3-2-4-6-10/h7-8,10H,2-6H2,1H3. The summed E-state index contributed by atoms with van der Waals surface area (Å²) in [5.41, 5.74) is 2.55. The quantitative estimate of drug-likeness (QED) is 0.687. The molecule has 3 heteroatoms. The summed E-state index contributed by atoms with van der Waals surface area (Å²) in [7, 11) is 0. The summed E-state index contributed by atoms with van der Waals surface area (Å²) in [4.78, 5) is 14.8. The molecule has 0 radical (unpaired) electrons. The molecule has 0 amide bonds. The number of nitrogens with zero attached hydrogens (tertiary/aromatic N) is 2. The molecule has 0 unspecified atom stereocenters. The lowest BCUT2D eigenvalue weighted by molar-refractivity contribution is 0.436. The molecule has 3 nitrogen and oxygen atoms in total. The van der Waals surface area contributed by atoms with E-state index in [9.17, 15) is 4.91 Å². The molecule has 15 heavy (non-hydrogen) atoms. The average molecular weight is 204 g/mol. The van der Waals surface area contributed by atoms with Crippen molar-refractivity contribution in [2.24, 2.45) is 5.18 Å². The highest BCUT2D eigenvalue weighted by Gasteiger charge is 2.17. The van der Waals surface area contributed by atoms with E-state index in [-0.39, 0.29) is 0 Å². The van der Waals surface area contributed by atoms with Crippen LogP contribution in [0.15, 0.2) is 17.4 Å². The Kier molecular flexibility index (Phi) is 3.09. The zero-order valence-corrected chi connectivity index (χ0v) is 9.07. The van der Waals surface area contributed by atoms with E-state index in [2.05, 4.69) is 10.2 Å². The second-order valence-corrected chi connectivity index (χ2v) is 4.32. The van der Waals surface area contributed by atoms with Gasteiger partial charge in [-0.25, -0.2) is 0 Å². The Labute approximate surface area is 89.9 Å². The van der Waals surface area contributed by atoms with E-state index in [1.54, 1.807) is 6.20 Å². The van der Waals surface area contributed by atoms with Gasteiger partial charge in [-0.15, -0.1) is 4.91 Å². The fraction of sp³-hybridized carbons (Fsp3) is 0.583. The molecule has 1 aromatic heterocycles. The van der Waals surface area contributed by atoms with Crippen molar-refractivity contribution in [3.63, 3.8) is 0 Å². The number of hydrogen-bond acceptors (Lipinski definition) is 3. The second-order valence-electron chi connectivity index (χ2n) is 4.32. The Morgan fingerprint density at radius 3 is 2.67 bits per heavy atom. The Morgan fingerprint density at radius 1 is 1.33 bits per heavy atom. The van der Waals surface area contributed by atoms with Crippen molar-refractivity contribution in [1.82, 2.24) is 4.98 Å². The van der Waals surface area contributed by atoms with E-state index in [1.807, 2.05) is 13.0 Å². The van der Waals surface area contributed by atoms with Crippen molar-refractivity contribution >= 4 is 5.69 Å². The van der Waals surface area contributed by atoms with Gasteiger partial charge in [0.1, 0.15) is 5.69 Å². The molecular weight excluding hydrogens is 188 g/mol. The van der Waals surface area contributed by atoms with Crippen LogP contribution in [0.25, 0.3) is 0 Å². The van der Waals surface area contributed by atoms with Crippen molar-refractivity contribution in [2.75, 3.05) is 0 Å². The summed E-state index contributed by atoms with van der Waals surface area (Å²) in [6, 6.07) is 2.02. The van der Waals surface area contributed by atoms with Crippen LogP contribution in [0.5, 0.6) is 0 Å². The van der Waals surface area contributed by atoms with Crippen LogP contribution in [0.1, 0.15) is 49.3 Å². The summed E-state index contributed by atoms with van der Waals surface area (Å²) in [5, 5.41) is 2.94. The van der Waals surface area contributed by atoms with Crippen LogP contribution in [0, 0.1) is 11.8 Å². The Balaban J connectivity index is 2.21. The highest BCUT2D eigenvalue weighted by atomic mass is 16.3. The molecule has 1 heterocycles. The van der Waals surface area contributed by atoms with Crippen molar-refractivity contribution in [1.29, 1.82) is 0 Å². The van der Waals surface area contributed by atoms with Gasteiger partial charge in [-0.3, -0.25) is 4.98 Å². The van der Waals surface area contributed by atoms with Crippen molar-refractivity contribution < 1.29 is 0 Å². The molecule has 80 valence electrons. The van der Waals surface area contributed by atoms with Gasteiger partial charge in [0, 0.05) is 11.6 Å². The maximum Gasteiger partial charge on any atom is 0.129 e. The molecule has 0 N–H and O–H groups in total. The maximum absolute atomic E-state index is 10.4. The molecule has 1 aliphatic rings. The smallest absolute Gasteiger partial charge is 0.129 e. The monoisotopic (exact) mass is 204 g/mol. The van der Waals surface area contributed by atoms with Crippen molar-refractivity contribution in [2.45, 2.75) is 44.9 Å². The fourth-order valence-corrected chi connectivity index (χ4v) is 2.29. The number of aromatic nitrogens is 1. The van der Waals surface area contributed by atoms with Crippen LogP contribution in [-0.2, 0) is 0 Å². The molecule has 2 rings (SSSR count). The van der Waals surface area contributed by atoms with E-state index in [4.69, 9.17) is 0 Å². The average Bonchev–Trinajstić information content (AvgIpc) is 2.30. The highest BCUT2D eigenvalue weighted by molar-refractivity contribution is 5.43. The molecular formula is C12H16N2O. The van der Waals surface area contributed by atoms with Crippen LogP contribution < -0.4 is 0 Å². The molecule has 0 atom stereocenters. The van der Waals surface area contributed by atoms with E-state index in [1.165, 1.54) is 32.1 Å². The van der Waals surface area contributed by atoms with Gasteiger partial charge in [-0.2, -0.15) is 0 Å². The fourth-order valence-electron chi connectivity index (χ4n) is 2.29. The summed E-state index contributed by atoms with van der Waals surface area (Å²) >= 11 is 0. The third kappa shape index (κ3) is 2.22. The van der Waals surface area contributed by atoms with Crippen LogP contribution >= 0.6 is 0 Å². The molecule has 0 aromatic carbocycles. The third-order valence-electron chi connectivity index (χ3n) is 3.23. The van der Waals surface area contributed by atoms with Gasteiger partial charge in [0.05, 0.1) is 6.20 Å². The lowest BCUT2D eigenvalue weighted by Crippen LogP contribution is -2.06. The minimum absolute atomic E-state index is 0.467. The third-order valence-corrected chi connectivity index (χ3v) is 3.23. The molecule has 0 spiro atoms. The highest BCUT2D eigenvalue weighted by Crippen LogP contribution is 2.32. The van der Waals surface area contributed by atoms with E-state index in [0.717, 1.165) is 11.3 Å². The summed E-state index contributed by atoms with van der Waals surface area (Å²) in [6.07, 6.45) is 8.04. The van der Waals surface area contributed by atoms with Gasteiger partial charge < -0.3 is 0 Å². The second kappa shape index (κ2) is 4.51. The summed E-state index contributed by atoms with van der Waals surface area (Å²) in [5.74, 6) is 0.596. The van der Waals surface area contributed by atoms with Crippen LogP contribution in [0.4, 0.5) is 5.69 Å². The minimum Gasteiger partial charge on any atom is -0.259 e. The lowest BCUT2D eigenvalue weighted by Gasteiger charge is -2.21. The van der Waals surface area contributed by atoms with E-state index < -0.39 is 0 Å². The normalized spacial score (nSPS) is 17.7. The molecule has 0 aliphatic heterocycles. The van der Waals surface area contributed by atoms with Gasteiger partial charge in [-0.05, 0) is 36.6 Å². The molecule has 1 aromatic rings. The SMILES string of the molecule is Cc1cc(C2CCCCC2)ncc1N=O. The van der Waals surface area contributed by atoms with Gasteiger partial charge in [-0.1, -0.05) is 19.3 Å².